The Balaban J connectivity index is 1.94. The number of nitrogens with one attached hydrogen (secondary N) is 2. The Morgan fingerprint density at radius 3 is 2.63 bits per heavy atom. The SMILES string of the molecule is CCOc1ccccc1CNS(=O)(=O)c1ccc2[nH]c(=O)n(C)c(=O)c2c1. The van der Waals surface area contributed by atoms with Crippen LogP contribution in [-0.2, 0) is 23.6 Å². The maximum Gasteiger partial charge on any atom is 0.328 e. The van der Waals surface area contributed by atoms with Crippen molar-refractivity contribution in [3.05, 3.63) is 68.9 Å². The molecule has 0 saturated heterocycles. The molecule has 0 amide bonds. The second-order valence-corrected chi connectivity index (χ2v) is 7.63. The maximum atomic E-state index is 12.6. The lowest BCUT2D eigenvalue weighted by molar-refractivity contribution is 0.336. The van der Waals surface area contributed by atoms with E-state index in [4.69, 9.17) is 4.74 Å². The summed E-state index contributed by atoms with van der Waals surface area (Å²) in [4.78, 5) is 26.4. The average molecular weight is 389 g/mol. The van der Waals surface area contributed by atoms with Gasteiger partial charge in [-0.2, -0.15) is 0 Å². The lowest BCUT2D eigenvalue weighted by atomic mass is 10.2. The molecule has 1 aromatic heterocycles. The van der Waals surface area contributed by atoms with E-state index in [1.165, 1.54) is 25.2 Å². The topological polar surface area (TPSA) is 110 Å². The van der Waals surface area contributed by atoms with Crippen molar-refractivity contribution in [3.8, 4) is 5.75 Å². The summed E-state index contributed by atoms with van der Waals surface area (Å²) in [5.41, 5.74) is -0.144. The Labute approximate surface area is 155 Å². The fourth-order valence-corrected chi connectivity index (χ4v) is 3.68. The van der Waals surface area contributed by atoms with E-state index in [0.29, 0.717) is 17.9 Å². The van der Waals surface area contributed by atoms with E-state index in [9.17, 15) is 18.0 Å². The third-order valence-electron chi connectivity index (χ3n) is 4.11. The Bertz CT molecular complexity index is 1210. The normalized spacial score (nSPS) is 11.6. The van der Waals surface area contributed by atoms with Gasteiger partial charge >= 0.3 is 5.69 Å². The van der Waals surface area contributed by atoms with Gasteiger partial charge in [0.15, 0.2) is 0 Å². The Morgan fingerprint density at radius 1 is 1.15 bits per heavy atom. The second kappa shape index (κ2) is 7.37. The number of para-hydroxylation sites is 1. The first kappa shape index (κ1) is 18.9. The molecule has 3 aromatic rings. The zero-order chi connectivity index (χ0) is 19.6. The minimum Gasteiger partial charge on any atom is -0.494 e. The van der Waals surface area contributed by atoms with Crippen LogP contribution in [-0.4, -0.2) is 24.6 Å². The molecular weight excluding hydrogens is 370 g/mol. The molecule has 0 aliphatic rings. The van der Waals surface area contributed by atoms with E-state index in [0.717, 1.165) is 4.57 Å². The fourth-order valence-electron chi connectivity index (χ4n) is 2.65. The lowest BCUT2D eigenvalue weighted by Crippen LogP contribution is -2.32. The summed E-state index contributed by atoms with van der Waals surface area (Å²) in [6, 6.07) is 11.1. The van der Waals surface area contributed by atoms with Crippen molar-refractivity contribution in [1.29, 1.82) is 0 Å². The summed E-state index contributed by atoms with van der Waals surface area (Å²) in [5, 5.41) is 0.120. The van der Waals surface area contributed by atoms with Gasteiger partial charge in [0.05, 0.1) is 22.4 Å². The van der Waals surface area contributed by atoms with Gasteiger partial charge in [0.1, 0.15) is 5.75 Å². The molecule has 9 heteroatoms. The van der Waals surface area contributed by atoms with Gasteiger partial charge in [-0.25, -0.2) is 17.9 Å². The predicted molar refractivity (Wildman–Crippen MR) is 101 cm³/mol. The van der Waals surface area contributed by atoms with Crippen molar-refractivity contribution in [3.63, 3.8) is 0 Å². The van der Waals surface area contributed by atoms with E-state index in [-0.39, 0.29) is 22.3 Å². The summed E-state index contributed by atoms with van der Waals surface area (Å²) < 4.78 is 34.2. The van der Waals surface area contributed by atoms with Gasteiger partial charge in [0.25, 0.3) is 5.56 Å². The molecule has 0 aliphatic carbocycles. The highest BCUT2D eigenvalue weighted by Crippen LogP contribution is 2.19. The van der Waals surface area contributed by atoms with Crippen LogP contribution >= 0.6 is 0 Å². The minimum atomic E-state index is -3.87. The predicted octanol–water partition coefficient (Wildman–Crippen LogP) is 1.10. The molecule has 0 fully saturated rings. The summed E-state index contributed by atoms with van der Waals surface area (Å²) in [7, 11) is -2.54. The van der Waals surface area contributed by atoms with Crippen LogP contribution < -0.4 is 20.7 Å². The summed E-state index contributed by atoms with van der Waals surface area (Å²) in [5.74, 6) is 0.604. The Kier molecular flexibility index (Phi) is 5.15. The number of hydrogen-bond donors (Lipinski definition) is 2. The van der Waals surface area contributed by atoms with Gasteiger partial charge in [0, 0.05) is 19.2 Å². The number of fused-ring (bicyclic) bond motifs is 1. The molecule has 2 aromatic carbocycles. The Morgan fingerprint density at radius 2 is 1.89 bits per heavy atom. The van der Waals surface area contributed by atoms with Crippen LogP contribution in [0.5, 0.6) is 5.75 Å². The number of benzene rings is 2. The largest absolute Gasteiger partial charge is 0.494 e. The molecule has 0 aliphatic heterocycles. The van der Waals surface area contributed by atoms with Crippen LogP contribution in [0.15, 0.2) is 56.9 Å². The number of nitrogens with zero attached hydrogens (tertiary/aromatic N) is 1. The van der Waals surface area contributed by atoms with E-state index in [1.54, 1.807) is 18.2 Å². The number of ether oxygens (including phenoxy) is 1. The van der Waals surface area contributed by atoms with Crippen molar-refractivity contribution in [1.82, 2.24) is 14.3 Å². The molecule has 0 atom stereocenters. The molecular formula is C18H19N3O5S. The van der Waals surface area contributed by atoms with Crippen LogP contribution in [0, 0.1) is 0 Å². The van der Waals surface area contributed by atoms with E-state index in [1.807, 2.05) is 13.0 Å². The first-order chi connectivity index (χ1) is 12.8. The molecule has 0 saturated carbocycles. The standard InChI is InChI=1S/C18H19N3O5S/c1-3-26-16-7-5-4-6-12(16)11-19-27(24,25)13-8-9-15-14(10-13)17(22)21(2)18(23)20-15/h4-10,19H,3,11H2,1-2H3,(H,20,23). The van der Waals surface area contributed by atoms with Crippen LogP contribution in [0.1, 0.15) is 12.5 Å². The molecule has 0 unspecified atom stereocenters. The van der Waals surface area contributed by atoms with Crippen LogP contribution in [0.3, 0.4) is 0 Å². The summed E-state index contributed by atoms with van der Waals surface area (Å²) in [6.45, 7) is 2.36. The highest BCUT2D eigenvalue weighted by Gasteiger charge is 2.17. The molecule has 27 heavy (non-hydrogen) atoms. The zero-order valence-electron chi connectivity index (χ0n) is 14.9. The fraction of sp³-hybridized carbons (Fsp3) is 0.222. The van der Waals surface area contributed by atoms with E-state index >= 15 is 0 Å². The highest BCUT2D eigenvalue weighted by atomic mass is 32.2. The average Bonchev–Trinajstić information content (AvgIpc) is 2.65. The number of rotatable bonds is 6. The number of aromatic nitrogens is 2. The number of sulfonamides is 1. The van der Waals surface area contributed by atoms with Gasteiger partial charge < -0.3 is 9.72 Å². The monoisotopic (exact) mass is 389 g/mol. The molecule has 142 valence electrons. The third kappa shape index (κ3) is 3.79. The quantitative estimate of drug-likeness (QED) is 0.656. The van der Waals surface area contributed by atoms with Crippen molar-refractivity contribution in [2.45, 2.75) is 18.4 Å². The van der Waals surface area contributed by atoms with Crippen LogP contribution in [0.25, 0.3) is 10.9 Å². The molecule has 0 radical (unpaired) electrons. The molecule has 8 nitrogen and oxygen atoms in total. The molecule has 0 bridgehead atoms. The van der Waals surface area contributed by atoms with Crippen LogP contribution in [0.2, 0.25) is 0 Å². The second-order valence-electron chi connectivity index (χ2n) is 5.87. The van der Waals surface area contributed by atoms with Gasteiger partial charge in [-0.05, 0) is 31.2 Å². The zero-order valence-corrected chi connectivity index (χ0v) is 15.7. The third-order valence-corrected chi connectivity index (χ3v) is 5.51. The summed E-state index contributed by atoms with van der Waals surface area (Å²) >= 11 is 0. The lowest BCUT2D eigenvalue weighted by Gasteiger charge is -2.12. The van der Waals surface area contributed by atoms with Crippen molar-refractivity contribution in [2.24, 2.45) is 7.05 Å². The van der Waals surface area contributed by atoms with Gasteiger partial charge in [-0.15, -0.1) is 0 Å². The van der Waals surface area contributed by atoms with Gasteiger partial charge in [-0.1, -0.05) is 18.2 Å². The van der Waals surface area contributed by atoms with Crippen molar-refractivity contribution in [2.75, 3.05) is 6.61 Å². The van der Waals surface area contributed by atoms with E-state index < -0.39 is 21.3 Å². The Hall–Kier alpha value is -2.91. The van der Waals surface area contributed by atoms with Crippen LogP contribution in [0.4, 0.5) is 0 Å². The molecule has 0 spiro atoms. The minimum absolute atomic E-state index is 0.0418. The first-order valence-corrected chi connectivity index (χ1v) is 9.75. The maximum absolute atomic E-state index is 12.6. The number of aromatic amines is 1. The molecule has 2 N–H and O–H groups in total. The number of hydrogen-bond acceptors (Lipinski definition) is 5. The highest BCUT2D eigenvalue weighted by molar-refractivity contribution is 7.89. The van der Waals surface area contributed by atoms with Gasteiger partial charge in [-0.3, -0.25) is 9.36 Å². The first-order valence-electron chi connectivity index (χ1n) is 8.27. The number of H-pyrrole nitrogens is 1. The molecule has 1 heterocycles. The van der Waals surface area contributed by atoms with Crippen molar-refractivity contribution >= 4 is 20.9 Å². The smallest absolute Gasteiger partial charge is 0.328 e. The van der Waals surface area contributed by atoms with E-state index in [2.05, 4.69) is 9.71 Å². The van der Waals surface area contributed by atoms with Crippen molar-refractivity contribution < 1.29 is 13.2 Å². The summed E-state index contributed by atoms with van der Waals surface area (Å²) in [6.07, 6.45) is 0. The molecule has 3 rings (SSSR count). The van der Waals surface area contributed by atoms with Gasteiger partial charge in [0.2, 0.25) is 10.0 Å².